The summed E-state index contributed by atoms with van der Waals surface area (Å²) in [5.41, 5.74) is -2.17. The number of hydrogen-bond donors (Lipinski definition) is 2. The van der Waals surface area contributed by atoms with Gasteiger partial charge in [0.15, 0.2) is 0 Å². The summed E-state index contributed by atoms with van der Waals surface area (Å²) in [4.78, 5) is 20.5. The first-order valence-corrected chi connectivity index (χ1v) is 8.43. The fraction of sp³-hybridized carbons (Fsp3) is 0.750. The number of nitrogens with one attached hydrogen (secondary N) is 1. The van der Waals surface area contributed by atoms with E-state index in [1.54, 1.807) is 4.90 Å². The Hall–Kier alpha value is -1.57. The molecule has 1 aromatic heterocycles. The SMILES string of the molecule is O=C(N1CCCC(c2ncc(C(F)(F)F)[nH]2)C1)C1(O)CCCCC1. The van der Waals surface area contributed by atoms with Crippen LogP contribution in [0.25, 0.3) is 0 Å². The fourth-order valence-electron chi connectivity index (χ4n) is 3.72. The number of aromatic amines is 1. The van der Waals surface area contributed by atoms with E-state index in [1.165, 1.54) is 0 Å². The standard InChI is InChI=1S/C16H22F3N3O2/c17-16(18,19)12-9-20-13(21-12)11-5-4-8-22(10-11)14(23)15(24)6-2-1-3-7-15/h9,11,24H,1-8,10H2,(H,20,21). The lowest BCUT2D eigenvalue weighted by Gasteiger charge is -2.39. The first-order valence-electron chi connectivity index (χ1n) is 8.43. The lowest BCUT2D eigenvalue weighted by Crippen LogP contribution is -2.52. The van der Waals surface area contributed by atoms with Crippen molar-refractivity contribution in [3.05, 3.63) is 17.7 Å². The third kappa shape index (κ3) is 3.43. The van der Waals surface area contributed by atoms with Crippen LogP contribution in [0.5, 0.6) is 0 Å². The summed E-state index contributed by atoms with van der Waals surface area (Å²) in [6, 6.07) is 0. The Morgan fingerprint density at radius 2 is 2.00 bits per heavy atom. The van der Waals surface area contributed by atoms with E-state index >= 15 is 0 Å². The lowest BCUT2D eigenvalue weighted by molar-refractivity contribution is -0.156. The molecule has 2 fully saturated rings. The molecule has 2 heterocycles. The van der Waals surface area contributed by atoms with Crippen LogP contribution in [0.3, 0.4) is 0 Å². The summed E-state index contributed by atoms with van der Waals surface area (Å²) in [7, 11) is 0. The van der Waals surface area contributed by atoms with Gasteiger partial charge < -0.3 is 15.0 Å². The first-order chi connectivity index (χ1) is 11.3. The van der Waals surface area contributed by atoms with E-state index < -0.39 is 17.5 Å². The summed E-state index contributed by atoms with van der Waals surface area (Å²) in [5, 5.41) is 10.6. The molecule has 3 rings (SSSR count). The number of nitrogens with zero attached hydrogens (tertiary/aromatic N) is 2. The number of H-pyrrole nitrogens is 1. The minimum atomic E-state index is -4.45. The Balaban J connectivity index is 1.70. The van der Waals surface area contributed by atoms with Gasteiger partial charge in [-0.05, 0) is 25.7 Å². The fourth-order valence-corrected chi connectivity index (χ4v) is 3.72. The van der Waals surface area contributed by atoms with Gasteiger partial charge in [0.25, 0.3) is 5.91 Å². The van der Waals surface area contributed by atoms with Crippen molar-refractivity contribution in [1.29, 1.82) is 0 Å². The van der Waals surface area contributed by atoms with Crippen LogP contribution in [-0.4, -0.2) is 44.6 Å². The zero-order chi connectivity index (χ0) is 17.4. The highest BCUT2D eigenvalue weighted by atomic mass is 19.4. The van der Waals surface area contributed by atoms with E-state index in [-0.39, 0.29) is 17.6 Å². The Bertz CT molecular complexity index is 594. The quantitative estimate of drug-likeness (QED) is 0.866. The number of piperidine rings is 1. The highest BCUT2D eigenvalue weighted by molar-refractivity contribution is 5.85. The Morgan fingerprint density at radius 1 is 1.29 bits per heavy atom. The van der Waals surface area contributed by atoms with Crippen molar-refractivity contribution in [3.8, 4) is 0 Å². The Kier molecular flexibility index (Phi) is 4.59. The Labute approximate surface area is 138 Å². The number of hydrogen-bond acceptors (Lipinski definition) is 3. The zero-order valence-electron chi connectivity index (χ0n) is 13.4. The number of aliphatic hydroxyl groups is 1. The number of halogens is 3. The number of imidazole rings is 1. The van der Waals surface area contributed by atoms with Gasteiger partial charge in [0.1, 0.15) is 17.1 Å². The van der Waals surface area contributed by atoms with Crippen LogP contribution >= 0.6 is 0 Å². The number of carbonyl (C=O) groups excluding carboxylic acids is 1. The molecule has 2 N–H and O–H groups in total. The highest BCUT2D eigenvalue weighted by Gasteiger charge is 2.42. The predicted molar refractivity (Wildman–Crippen MR) is 80.2 cm³/mol. The molecule has 134 valence electrons. The molecule has 0 bridgehead atoms. The number of likely N-dealkylation sites (tertiary alicyclic amines) is 1. The van der Waals surface area contributed by atoms with Crippen molar-refractivity contribution in [2.24, 2.45) is 0 Å². The van der Waals surface area contributed by atoms with Gasteiger partial charge in [-0.3, -0.25) is 4.79 Å². The molecule has 0 radical (unpaired) electrons. The largest absolute Gasteiger partial charge is 0.432 e. The lowest BCUT2D eigenvalue weighted by atomic mass is 9.83. The van der Waals surface area contributed by atoms with Crippen LogP contribution in [-0.2, 0) is 11.0 Å². The summed E-state index contributed by atoms with van der Waals surface area (Å²) in [5.74, 6) is -0.282. The number of carbonyl (C=O) groups is 1. The molecular formula is C16H22F3N3O2. The van der Waals surface area contributed by atoms with E-state index in [0.29, 0.717) is 38.8 Å². The van der Waals surface area contributed by atoms with Gasteiger partial charge in [-0.2, -0.15) is 13.2 Å². The van der Waals surface area contributed by atoms with Crippen molar-refractivity contribution in [2.75, 3.05) is 13.1 Å². The highest BCUT2D eigenvalue weighted by Crippen LogP contribution is 2.34. The van der Waals surface area contributed by atoms with Gasteiger partial charge in [0.2, 0.25) is 0 Å². The number of alkyl halides is 3. The van der Waals surface area contributed by atoms with Crippen molar-refractivity contribution < 1.29 is 23.1 Å². The summed E-state index contributed by atoms with van der Waals surface area (Å²) in [6.07, 6.45) is 1.31. The van der Waals surface area contributed by atoms with Crippen LogP contribution < -0.4 is 0 Å². The molecule has 1 saturated heterocycles. The summed E-state index contributed by atoms with van der Waals surface area (Å²) >= 11 is 0. The smallest absolute Gasteiger partial charge is 0.380 e. The van der Waals surface area contributed by atoms with Crippen molar-refractivity contribution >= 4 is 5.91 Å². The predicted octanol–water partition coefficient (Wildman–Crippen LogP) is 2.83. The third-order valence-electron chi connectivity index (χ3n) is 5.07. The van der Waals surface area contributed by atoms with E-state index in [0.717, 1.165) is 25.5 Å². The van der Waals surface area contributed by atoms with Crippen molar-refractivity contribution in [1.82, 2.24) is 14.9 Å². The molecule has 1 saturated carbocycles. The summed E-state index contributed by atoms with van der Waals surface area (Å²) < 4.78 is 38.1. The van der Waals surface area contributed by atoms with E-state index in [4.69, 9.17) is 0 Å². The maximum Gasteiger partial charge on any atom is 0.432 e. The van der Waals surface area contributed by atoms with E-state index in [9.17, 15) is 23.1 Å². The molecule has 1 aliphatic heterocycles. The van der Waals surface area contributed by atoms with E-state index in [2.05, 4.69) is 9.97 Å². The minimum Gasteiger partial charge on any atom is -0.380 e. The van der Waals surface area contributed by atoms with Gasteiger partial charge in [0.05, 0.1) is 6.20 Å². The monoisotopic (exact) mass is 345 g/mol. The van der Waals surface area contributed by atoms with Gasteiger partial charge in [0, 0.05) is 19.0 Å². The molecule has 1 atom stereocenters. The molecule has 2 aliphatic rings. The molecule has 24 heavy (non-hydrogen) atoms. The zero-order valence-corrected chi connectivity index (χ0v) is 13.4. The average Bonchev–Trinajstić information content (AvgIpc) is 3.05. The van der Waals surface area contributed by atoms with E-state index in [1.807, 2.05) is 0 Å². The number of rotatable bonds is 2. The molecule has 8 heteroatoms. The Morgan fingerprint density at radius 3 is 2.62 bits per heavy atom. The molecular weight excluding hydrogens is 323 g/mol. The maximum absolute atomic E-state index is 12.7. The molecule has 1 aromatic rings. The van der Waals surface area contributed by atoms with Crippen LogP contribution in [0, 0.1) is 0 Å². The molecule has 0 aromatic carbocycles. The second-order valence-electron chi connectivity index (χ2n) is 6.86. The van der Waals surface area contributed by atoms with Gasteiger partial charge in [-0.15, -0.1) is 0 Å². The molecule has 1 amide bonds. The molecule has 1 aliphatic carbocycles. The third-order valence-corrected chi connectivity index (χ3v) is 5.07. The molecule has 5 nitrogen and oxygen atoms in total. The second-order valence-corrected chi connectivity index (χ2v) is 6.86. The van der Waals surface area contributed by atoms with Gasteiger partial charge in [-0.25, -0.2) is 4.98 Å². The number of amides is 1. The second kappa shape index (κ2) is 6.38. The average molecular weight is 345 g/mol. The van der Waals surface area contributed by atoms with Crippen molar-refractivity contribution in [2.45, 2.75) is 62.6 Å². The summed E-state index contributed by atoms with van der Waals surface area (Å²) in [6.45, 7) is 0.830. The molecule has 1 unspecified atom stereocenters. The maximum atomic E-state index is 12.7. The minimum absolute atomic E-state index is 0.258. The van der Waals surface area contributed by atoms with Crippen LogP contribution in [0.1, 0.15) is 62.4 Å². The van der Waals surface area contributed by atoms with Gasteiger partial charge >= 0.3 is 6.18 Å². The van der Waals surface area contributed by atoms with Gasteiger partial charge in [-0.1, -0.05) is 19.3 Å². The molecule has 0 spiro atoms. The normalized spacial score (nSPS) is 24.8. The van der Waals surface area contributed by atoms with Crippen LogP contribution in [0.4, 0.5) is 13.2 Å². The van der Waals surface area contributed by atoms with Crippen LogP contribution in [0.2, 0.25) is 0 Å². The van der Waals surface area contributed by atoms with Crippen molar-refractivity contribution in [3.63, 3.8) is 0 Å². The van der Waals surface area contributed by atoms with Crippen LogP contribution in [0.15, 0.2) is 6.20 Å². The number of aromatic nitrogens is 2. The first kappa shape index (κ1) is 17.3. The topological polar surface area (TPSA) is 69.2 Å².